The van der Waals surface area contributed by atoms with Gasteiger partial charge in [-0.25, -0.2) is 14.3 Å². The summed E-state index contributed by atoms with van der Waals surface area (Å²) in [6.45, 7) is 1.34. The standard InChI is InChI=1S/C19H24N8O/c28-18(10-19(8-2-1-3-9-19)12-27-15-21-24-25-27)23-17-6-4-16(5-7-17)11-26-14-20-13-22-26/h4-7,13-15H,1-3,8-12H2,(H,23,28). The molecule has 9 heteroatoms. The minimum Gasteiger partial charge on any atom is -0.326 e. The topological polar surface area (TPSA) is 103 Å². The van der Waals surface area contributed by atoms with E-state index in [9.17, 15) is 4.79 Å². The molecule has 2 aromatic heterocycles. The Morgan fingerprint density at radius 3 is 2.57 bits per heavy atom. The van der Waals surface area contributed by atoms with Crippen LogP contribution in [0.25, 0.3) is 0 Å². The zero-order chi connectivity index (χ0) is 19.2. The van der Waals surface area contributed by atoms with Crippen LogP contribution in [0, 0.1) is 5.41 Å². The molecule has 1 saturated carbocycles. The van der Waals surface area contributed by atoms with Crippen LogP contribution in [0.5, 0.6) is 0 Å². The van der Waals surface area contributed by atoms with Crippen molar-refractivity contribution >= 4 is 11.6 Å². The first-order valence-electron chi connectivity index (χ1n) is 9.63. The lowest BCUT2D eigenvalue weighted by atomic mass is 9.71. The Bertz CT molecular complexity index is 867. The fraction of sp³-hybridized carbons (Fsp3) is 0.474. The van der Waals surface area contributed by atoms with Crippen molar-refractivity contribution < 1.29 is 4.79 Å². The highest BCUT2D eigenvalue weighted by molar-refractivity contribution is 5.91. The van der Waals surface area contributed by atoms with E-state index in [1.54, 1.807) is 22.0 Å². The van der Waals surface area contributed by atoms with Gasteiger partial charge < -0.3 is 5.32 Å². The summed E-state index contributed by atoms with van der Waals surface area (Å²) in [6, 6.07) is 7.85. The van der Waals surface area contributed by atoms with Crippen molar-refractivity contribution in [1.29, 1.82) is 0 Å². The quantitative estimate of drug-likeness (QED) is 0.674. The van der Waals surface area contributed by atoms with Crippen LogP contribution in [0.4, 0.5) is 5.69 Å². The number of nitrogens with one attached hydrogen (secondary N) is 1. The molecule has 1 fully saturated rings. The van der Waals surface area contributed by atoms with Gasteiger partial charge in [-0.05, 0) is 46.4 Å². The Balaban J connectivity index is 1.37. The van der Waals surface area contributed by atoms with Crippen molar-refractivity contribution in [3.05, 3.63) is 48.8 Å². The highest BCUT2D eigenvalue weighted by Crippen LogP contribution is 2.40. The van der Waals surface area contributed by atoms with Gasteiger partial charge >= 0.3 is 0 Å². The molecule has 28 heavy (non-hydrogen) atoms. The van der Waals surface area contributed by atoms with Crippen LogP contribution in [-0.2, 0) is 17.9 Å². The zero-order valence-corrected chi connectivity index (χ0v) is 15.7. The molecule has 9 nitrogen and oxygen atoms in total. The molecule has 0 saturated heterocycles. The highest BCUT2D eigenvalue weighted by Gasteiger charge is 2.35. The van der Waals surface area contributed by atoms with Crippen LogP contribution in [0.3, 0.4) is 0 Å². The molecule has 1 aliphatic carbocycles. The average Bonchev–Trinajstić information content (AvgIpc) is 3.38. The first kappa shape index (κ1) is 18.3. The lowest BCUT2D eigenvalue weighted by Gasteiger charge is -2.36. The summed E-state index contributed by atoms with van der Waals surface area (Å²) < 4.78 is 3.51. The number of tetrazole rings is 1. The van der Waals surface area contributed by atoms with E-state index in [0.717, 1.165) is 36.9 Å². The molecule has 0 bridgehead atoms. The van der Waals surface area contributed by atoms with Gasteiger partial charge in [0.15, 0.2) is 0 Å². The first-order valence-corrected chi connectivity index (χ1v) is 9.63. The molecule has 3 aromatic rings. The number of amides is 1. The van der Waals surface area contributed by atoms with E-state index in [1.165, 1.54) is 12.7 Å². The SMILES string of the molecule is O=C(CC1(Cn2cnnn2)CCCCC1)Nc1ccc(Cn2cncn2)cc1. The summed E-state index contributed by atoms with van der Waals surface area (Å²) in [6.07, 6.45) is 10.9. The Labute approximate surface area is 163 Å². The highest BCUT2D eigenvalue weighted by atomic mass is 16.1. The summed E-state index contributed by atoms with van der Waals surface area (Å²) in [4.78, 5) is 16.7. The van der Waals surface area contributed by atoms with Gasteiger partial charge in [-0.3, -0.25) is 4.79 Å². The van der Waals surface area contributed by atoms with E-state index in [2.05, 4.69) is 30.9 Å². The fourth-order valence-electron chi connectivity index (χ4n) is 4.03. The van der Waals surface area contributed by atoms with Crippen LogP contribution in [0.15, 0.2) is 43.2 Å². The van der Waals surface area contributed by atoms with Crippen LogP contribution < -0.4 is 5.32 Å². The van der Waals surface area contributed by atoms with E-state index < -0.39 is 0 Å². The fourth-order valence-corrected chi connectivity index (χ4v) is 4.03. The number of anilines is 1. The first-order chi connectivity index (χ1) is 13.7. The summed E-state index contributed by atoms with van der Waals surface area (Å²) in [5, 5.41) is 18.6. The molecule has 0 atom stereocenters. The monoisotopic (exact) mass is 380 g/mol. The Kier molecular flexibility index (Phi) is 5.41. The largest absolute Gasteiger partial charge is 0.326 e. The molecule has 0 unspecified atom stereocenters. The maximum atomic E-state index is 12.8. The number of rotatable bonds is 7. The number of carbonyl (C=O) groups excluding carboxylic acids is 1. The van der Waals surface area contributed by atoms with Crippen molar-refractivity contribution in [2.24, 2.45) is 5.41 Å². The number of carbonyl (C=O) groups is 1. The van der Waals surface area contributed by atoms with E-state index in [-0.39, 0.29) is 11.3 Å². The van der Waals surface area contributed by atoms with Crippen molar-refractivity contribution in [3.8, 4) is 0 Å². The van der Waals surface area contributed by atoms with Gasteiger partial charge in [-0.2, -0.15) is 5.10 Å². The van der Waals surface area contributed by atoms with Gasteiger partial charge in [0.2, 0.25) is 5.91 Å². The van der Waals surface area contributed by atoms with Crippen molar-refractivity contribution in [2.75, 3.05) is 5.32 Å². The molecule has 1 N–H and O–H groups in total. The minimum absolute atomic E-state index is 0.0407. The number of nitrogens with zero attached hydrogens (tertiary/aromatic N) is 7. The molecule has 4 rings (SSSR count). The van der Waals surface area contributed by atoms with Gasteiger partial charge in [0.25, 0.3) is 0 Å². The van der Waals surface area contributed by atoms with Crippen LogP contribution in [0.1, 0.15) is 44.1 Å². The molecular formula is C19H24N8O. The predicted octanol–water partition coefficient (Wildman–Crippen LogP) is 2.29. The smallest absolute Gasteiger partial charge is 0.224 e. The van der Waals surface area contributed by atoms with Crippen LogP contribution in [0.2, 0.25) is 0 Å². The van der Waals surface area contributed by atoms with Gasteiger partial charge in [-0.1, -0.05) is 31.4 Å². The van der Waals surface area contributed by atoms with Gasteiger partial charge in [0.05, 0.1) is 13.1 Å². The Morgan fingerprint density at radius 2 is 1.89 bits per heavy atom. The molecule has 1 aromatic carbocycles. The average molecular weight is 380 g/mol. The number of hydrogen-bond acceptors (Lipinski definition) is 6. The summed E-state index contributed by atoms with van der Waals surface area (Å²) >= 11 is 0. The van der Waals surface area contributed by atoms with E-state index >= 15 is 0 Å². The number of hydrogen-bond donors (Lipinski definition) is 1. The third kappa shape index (κ3) is 4.59. The number of aromatic nitrogens is 7. The predicted molar refractivity (Wildman–Crippen MR) is 102 cm³/mol. The third-order valence-electron chi connectivity index (χ3n) is 5.39. The van der Waals surface area contributed by atoms with E-state index in [1.807, 2.05) is 24.3 Å². The Hall–Kier alpha value is -3.10. The molecular weight excluding hydrogens is 356 g/mol. The van der Waals surface area contributed by atoms with Crippen molar-refractivity contribution in [3.63, 3.8) is 0 Å². The lowest BCUT2D eigenvalue weighted by molar-refractivity contribution is -0.119. The van der Waals surface area contributed by atoms with Gasteiger partial charge in [0.1, 0.15) is 19.0 Å². The summed E-state index contributed by atoms with van der Waals surface area (Å²) in [7, 11) is 0. The second-order valence-corrected chi connectivity index (χ2v) is 7.58. The second kappa shape index (κ2) is 8.28. The third-order valence-corrected chi connectivity index (χ3v) is 5.39. The molecule has 1 amide bonds. The summed E-state index contributed by atoms with van der Waals surface area (Å²) in [5.41, 5.74) is 1.83. The maximum Gasteiger partial charge on any atom is 0.224 e. The normalized spacial score (nSPS) is 16.0. The van der Waals surface area contributed by atoms with Gasteiger partial charge in [-0.15, -0.1) is 5.10 Å². The molecule has 2 heterocycles. The second-order valence-electron chi connectivity index (χ2n) is 7.58. The molecule has 146 valence electrons. The van der Waals surface area contributed by atoms with Crippen molar-refractivity contribution in [2.45, 2.75) is 51.6 Å². The lowest BCUT2D eigenvalue weighted by Crippen LogP contribution is -2.34. The van der Waals surface area contributed by atoms with Crippen LogP contribution in [-0.4, -0.2) is 40.9 Å². The number of benzene rings is 1. The van der Waals surface area contributed by atoms with E-state index in [4.69, 9.17) is 0 Å². The van der Waals surface area contributed by atoms with Gasteiger partial charge in [0, 0.05) is 12.1 Å². The maximum absolute atomic E-state index is 12.8. The van der Waals surface area contributed by atoms with Crippen molar-refractivity contribution in [1.82, 2.24) is 35.0 Å². The Morgan fingerprint density at radius 1 is 1.07 bits per heavy atom. The summed E-state index contributed by atoms with van der Waals surface area (Å²) in [5.74, 6) is 0.0407. The van der Waals surface area contributed by atoms with E-state index in [0.29, 0.717) is 19.5 Å². The molecule has 0 aliphatic heterocycles. The molecule has 0 radical (unpaired) electrons. The molecule has 1 aliphatic rings. The molecule has 0 spiro atoms. The minimum atomic E-state index is -0.0786. The van der Waals surface area contributed by atoms with Crippen LogP contribution >= 0.6 is 0 Å². The zero-order valence-electron chi connectivity index (χ0n) is 15.7.